The SMILES string of the molecule is CC1OCCC1(O)CNc1ccc(C(N)=O)cc1N. The Morgan fingerprint density at radius 1 is 1.63 bits per heavy atom. The highest BCUT2D eigenvalue weighted by atomic mass is 16.5. The molecule has 1 amide bonds. The summed E-state index contributed by atoms with van der Waals surface area (Å²) in [5.74, 6) is -0.519. The van der Waals surface area contributed by atoms with Gasteiger partial charge < -0.3 is 26.6 Å². The maximum absolute atomic E-state index is 11.0. The molecule has 1 aromatic rings. The molecular formula is C13H19N3O3. The standard InChI is InChI=1S/C13H19N3O3/c1-8-13(18,4-5-19-8)7-16-11-3-2-9(12(15)17)6-10(11)14/h2-3,6,8,16,18H,4-5,7,14H2,1H3,(H2,15,17). The maximum Gasteiger partial charge on any atom is 0.248 e. The predicted molar refractivity (Wildman–Crippen MR) is 72.8 cm³/mol. The minimum Gasteiger partial charge on any atom is -0.397 e. The number of amides is 1. The molecule has 2 rings (SSSR count). The average molecular weight is 265 g/mol. The van der Waals surface area contributed by atoms with Gasteiger partial charge in [0.15, 0.2) is 0 Å². The third-order valence-corrected chi connectivity index (χ3v) is 3.58. The molecule has 0 aromatic heterocycles. The second-order valence-electron chi connectivity index (χ2n) is 4.89. The van der Waals surface area contributed by atoms with Gasteiger partial charge in [0.1, 0.15) is 5.60 Å². The van der Waals surface area contributed by atoms with E-state index in [1.807, 2.05) is 6.92 Å². The molecule has 1 aromatic carbocycles. The fraction of sp³-hybridized carbons (Fsp3) is 0.462. The number of nitrogens with two attached hydrogens (primary N) is 2. The lowest BCUT2D eigenvalue weighted by Gasteiger charge is -2.27. The number of ether oxygens (including phenoxy) is 1. The molecule has 19 heavy (non-hydrogen) atoms. The van der Waals surface area contributed by atoms with Gasteiger partial charge in [0, 0.05) is 25.1 Å². The predicted octanol–water partition coefficient (Wildman–Crippen LogP) is 0.320. The normalized spacial score (nSPS) is 26.3. The Labute approximate surface area is 111 Å². The summed E-state index contributed by atoms with van der Waals surface area (Å²) in [5, 5.41) is 13.4. The summed E-state index contributed by atoms with van der Waals surface area (Å²) in [7, 11) is 0. The lowest BCUT2D eigenvalue weighted by atomic mass is 9.96. The minimum absolute atomic E-state index is 0.217. The lowest BCUT2D eigenvalue weighted by Crippen LogP contribution is -2.43. The highest BCUT2D eigenvalue weighted by molar-refractivity contribution is 5.94. The van der Waals surface area contributed by atoms with E-state index in [-0.39, 0.29) is 6.10 Å². The van der Waals surface area contributed by atoms with Crippen molar-refractivity contribution in [2.24, 2.45) is 5.73 Å². The number of hydrogen-bond acceptors (Lipinski definition) is 5. The number of rotatable bonds is 4. The van der Waals surface area contributed by atoms with Gasteiger partial charge in [0.2, 0.25) is 5.91 Å². The molecule has 0 radical (unpaired) electrons. The summed E-state index contributed by atoms with van der Waals surface area (Å²) >= 11 is 0. The summed E-state index contributed by atoms with van der Waals surface area (Å²) < 4.78 is 5.36. The van der Waals surface area contributed by atoms with Crippen LogP contribution < -0.4 is 16.8 Å². The number of aliphatic hydroxyl groups is 1. The Balaban J connectivity index is 2.06. The fourth-order valence-electron chi connectivity index (χ4n) is 2.13. The third kappa shape index (κ3) is 2.80. The van der Waals surface area contributed by atoms with E-state index in [0.717, 1.165) is 0 Å². The van der Waals surface area contributed by atoms with E-state index in [9.17, 15) is 9.90 Å². The molecular weight excluding hydrogens is 246 g/mol. The average Bonchev–Trinajstić information content (AvgIpc) is 2.68. The quantitative estimate of drug-likeness (QED) is 0.586. The van der Waals surface area contributed by atoms with Crippen molar-refractivity contribution in [2.45, 2.75) is 25.0 Å². The van der Waals surface area contributed by atoms with Gasteiger partial charge in [0.25, 0.3) is 0 Å². The van der Waals surface area contributed by atoms with E-state index in [1.54, 1.807) is 12.1 Å². The fourth-order valence-corrected chi connectivity index (χ4v) is 2.13. The maximum atomic E-state index is 11.0. The van der Waals surface area contributed by atoms with Crippen molar-refractivity contribution in [3.8, 4) is 0 Å². The summed E-state index contributed by atoms with van der Waals surface area (Å²) in [6, 6.07) is 4.79. The third-order valence-electron chi connectivity index (χ3n) is 3.58. The van der Waals surface area contributed by atoms with E-state index in [4.69, 9.17) is 16.2 Å². The van der Waals surface area contributed by atoms with E-state index >= 15 is 0 Å². The zero-order chi connectivity index (χ0) is 14.0. The first kappa shape index (κ1) is 13.6. The first-order valence-corrected chi connectivity index (χ1v) is 6.19. The summed E-state index contributed by atoms with van der Waals surface area (Å²) in [4.78, 5) is 11.0. The van der Waals surface area contributed by atoms with E-state index in [2.05, 4.69) is 5.32 Å². The van der Waals surface area contributed by atoms with Crippen LogP contribution >= 0.6 is 0 Å². The Hall–Kier alpha value is -1.79. The van der Waals surface area contributed by atoms with Crippen molar-refractivity contribution in [1.82, 2.24) is 0 Å². The van der Waals surface area contributed by atoms with Gasteiger partial charge >= 0.3 is 0 Å². The van der Waals surface area contributed by atoms with Gasteiger partial charge in [-0.1, -0.05) is 0 Å². The van der Waals surface area contributed by atoms with Crippen molar-refractivity contribution < 1.29 is 14.6 Å². The number of carbonyl (C=O) groups is 1. The molecule has 1 aliphatic rings. The monoisotopic (exact) mass is 265 g/mol. The van der Waals surface area contributed by atoms with Gasteiger partial charge in [-0.15, -0.1) is 0 Å². The molecule has 2 unspecified atom stereocenters. The number of nitrogen functional groups attached to an aromatic ring is 1. The van der Waals surface area contributed by atoms with Crippen molar-refractivity contribution >= 4 is 17.3 Å². The van der Waals surface area contributed by atoms with Crippen molar-refractivity contribution in [3.05, 3.63) is 23.8 Å². The molecule has 1 fully saturated rings. The molecule has 1 saturated heterocycles. The molecule has 104 valence electrons. The van der Waals surface area contributed by atoms with Gasteiger partial charge in [-0.2, -0.15) is 0 Å². The van der Waals surface area contributed by atoms with Gasteiger partial charge in [-0.05, 0) is 25.1 Å². The first-order valence-electron chi connectivity index (χ1n) is 6.19. The molecule has 1 aliphatic heterocycles. The number of primary amides is 1. The molecule has 6 heteroatoms. The topological polar surface area (TPSA) is 111 Å². The van der Waals surface area contributed by atoms with Gasteiger partial charge in [-0.3, -0.25) is 4.79 Å². The summed E-state index contributed by atoms with van der Waals surface area (Å²) in [5.41, 5.74) is 11.6. The smallest absolute Gasteiger partial charge is 0.248 e. The second kappa shape index (κ2) is 5.07. The molecule has 0 spiro atoms. The van der Waals surface area contributed by atoms with Gasteiger partial charge in [0.05, 0.1) is 17.5 Å². The molecule has 1 heterocycles. The van der Waals surface area contributed by atoms with Crippen LogP contribution in [0.15, 0.2) is 18.2 Å². The Morgan fingerprint density at radius 2 is 2.37 bits per heavy atom. The van der Waals surface area contributed by atoms with E-state index in [1.165, 1.54) is 6.07 Å². The molecule has 0 aliphatic carbocycles. The van der Waals surface area contributed by atoms with Crippen LogP contribution in [0.2, 0.25) is 0 Å². The van der Waals surface area contributed by atoms with Crippen LogP contribution in [0.1, 0.15) is 23.7 Å². The van der Waals surface area contributed by atoms with Gasteiger partial charge in [-0.25, -0.2) is 0 Å². The van der Waals surface area contributed by atoms with Crippen molar-refractivity contribution in [3.63, 3.8) is 0 Å². The zero-order valence-electron chi connectivity index (χ0n) is 10.8. The lowest BCUT2D eigenvalue weighted by molar-refractivity contribution is -0.0175. The number of anilines is 2. The number of nitrogens with one attached hydrogen (secondary N) is 1. The summed E-state index contributed by atoms with van der Waals surface area (Å²) in [6.07, 6.45) is 0.367. The first-order chi connectivity index (χ1) is 8.92. The van der Waals surface area contributed by atoms with Crippen LogP contribution in [0, 0.1) is 0 Å². The van der Waals surface area contributed by atoms with E-state index < -0.39 is 11.5 Å². The molecule has 0 bridgehead atoms. The number of benzene rings is 1. The van der Waals surface area contributed by atoms with Crippen LogP contribution in [0.3, 0.4) is 0 Å². The molecule has 0 saturated carbocycles. The van der Waals surface area contributed by atoms with Crippen LogP contribution in [0.4, 0.5) is 11.4 Å². The summed E-state index contributed by atoms with van der Waals surface area (Å²) in [6.45, 7) is 2.73. The largest absolute Gasteiger partial charge is 0.397 e. The second-order valence-corrected chi connectivity index (χ2v) is 4.89. The van der Waals surface area contributed by atoms with Crippen LogP contribution in [-0.2, 0) is 4.74 Å². The Bertz CT molecular complexity index is 492. The Morgan fingerprint density at radius 3 is 2.89 bits per heavy atom. The highest BCUT2D eigenvalue weighted by Crippen LogP contribution is 2.27. The molecule has 2 atom stereocenters. The number of hydrogen-bond donors (Lipinski definition) is 4. The Kier molecular flexibility index (Phi) is 3.64. The molecule has 6 N–H and O–H groups in total. The minimum atomic E-state index is -0.894. The van der Waals surface area contributed by atoms with Crippen LogP contribution in [-0.4, -0.2) is 35.9 Å². The van der Waals surface area contributed by atoms with Crippen LogP contribution in [0.5, 0.6) is 0 Å². The van der Waals surface area contributed by atoms with Crippen molar-refractivity contribution in [1.29, 1.82) is 0 Å². The van der Waals surface area contributed by atoms with Crippen LogP contribution in [0.25, 0.3) is 0 Å². The molecule has 6 nitrogen and oxygen atoms in total. The zero-order valence-corrected chi connectivity index (χ0v) is 10.8. The van der Waals surface area contributed by atoms with E-state index in [0.29, 0.717) is 36.5 Å². The number of carbonyl (C=O) groups excluding carboxylic acids is 1. The highest BCUT2D eigenvalue weighted by Gasteiger charge is 2.39. The van der Waals surface area contributed by atoms with Crippen molar-refractivity contribution in [2.75, 3.05) is 24.2 Å².